The number of aliphatic hydroxyl groups excluding tert-OH is 1. The molecule has 1 saturated carbocycles. The largest absolute Gasteiger partial charge is 0.391 e. The predicted octanol–water partition coefficient (Wildman–Crippen LogP) is 3.69. The summed E-state index contributed by atoms with van der Waals surface area (Å²) in [6.07, 6.45) is 8.65. The first-order chi connectivity index (χ1) is 9.74. The Bertz CT molecular complexity index is 451. The van der Waals surface area contributed by atoms with E-state index in [1.54, 1.807) is 0 Å². The molecule has 0 radical (unpaired) electrons. The summed E-state index contributed by atoms with van der Waals surface area (Å²) in [5.41, 5.74) is 4.17. The summed E-state index contributed by atoms with van der Waals surface area (Å²) in [6, 6.07) is 6.76. The van der Waals surface area contributed by atoms with Gasteiger partial charge in [0.1, 0.15) is 0 Å². The van der Waals surface area contributed by atoms with E-state index in [2.05, 4.69) is 30.0 Å². The van der Waals surface area contributed by atoms with Crippen LogP contribution in [-0.2, 0) is 6.42 Å². The molecule has 1 N–H and O–H groups in total. The number of rotatable bonds is 3. The van der Waals surface area contributed by atoms with E-state index in [0.29, 0.717) is 5.92 Å². The molecule has 3 rings (SSSR count). The van der Waals surface area contributed by atoms with Crippen molar-refractivity contribution in [3.63, 3.8) is 0 Å². The van der Waals surface area contributed by atoms with E-state index in [4.69, 9.17) is 0 Å². The van der Waals surface area contributed by atoms with E-state index < -0.39 is 0 Å². The molecule has 1 heterocycles. The van der Waals surface area contributed by atoms with Crippen molar-refractivity contribution in [2.75, 3.05) is 18.0 Å². The van der Waals surface area contributed by atoms with Crippen LogP contribution >= 0.6 is 0 Å². The maximum Gasteiger partial charge on any atom is 0.0743 e. The van der Waals surface area contributed by atoms with Crippen LogP contribution in [0.3, 0.4) is 0 Å². The summed E-state index contributed by atoms with van der Waals surface area (Å²) in [5, 5.41) is 10.6. The Kier molecular flexibility index (Phi) is 4.30. The molecule has 1 aromatic rings. The summed E-state index contributed by atoms with van der Waals surface area (Å²) in [7, 11) is 0. The van der Waals surface area contributed by atoms with Crippen LogP contribution in [0.4, 0.5) is 5.69 Å². The number of aliphatic hydroxyl groups is 1. The third-order valence-electron chi connectivity index (χ3n) is 5.05. The Labute approximate surface area is 122 Å². The Morgan fingerprint density at radius 2 is 2.00 bits per heavy atom. The van der Waals surface area contributed by atoms with Crippen LogP contribution in [0.2, 0.25) is 0 Å². The lowest BCUT2D eigenvalue weighted by Gasteiger charge is -2.36. The van der Waals surface area contributed by atoms with Crippen LogP contribution in [-0.4, -0.2) is 24.3 Å². The van der Waals surface area contributed by atoms with Crippen LogP contribution in [0, 0.1) is 12.8 Å². The second-order valence-electron chi connectivity index (χ2n) is 6.65. The van der Waals surface area contributed by atoms with Crippen molar-refractivity contribution in [3.8, 4) is 0 Å². The number of hydrogen-bond donors (Lipinski definition) is 1. The van der Waals surface area contributed by atoms with Crippen molar-refractivity contribution in [1.29, 1.82) is 0 Å². The van der Waals surface area contributed by atoms with Gasteiger partial charge in [-0.05, 0) is 50.2 Å². The zero-order valence-corrected chi connectivity index (χ0v) is 12.6. The highest BCUT2D eigenvalue weighted by atomic mass is 16.3. The number of β-amino-alcohol motifs (C(OH)–C–C–N with tert-alkyl or cyclic N) is 1. The van der Waals surface area contributed by atoms with Gasteiger partial charge in [0.05, 0.1) is 6.10 Å². The van der Waals surface area contributed by atoms with E-state index in [-0.39, 0.29) is 6.10 Å². The summed E-state index contributed by atoms with van der Waals surface area (Å²) >= 11 is 0. The molecule has 20 heavy (non-hydrogen) atoms. The number of benzene rings is 1. The van der Waals surface area contributed by atoms with Gasteiger partial charge in [0, 0.05) is 18.8 Å². The molecule has 2 aliphatic rings. The molecule has 1 atom stereocenters. The van der Waals surface area contributed by atoms with Gasteiger partial charge in [-0.2, -0.15) is 0 Å². The van der Waals surface area contributed by atoms with Gasteiger partial charge in [-0.25, -0.2) is 0 Å². The third-order valence-corrected chi connectivity index (χ3v) is 5.05. The second-order valence-corrected chi connectivity index (χ2v) is 6.65. The number of hydrogen-bond acceptors (Lipinski definition) is 2. The lowest BCUT2D eigenvalue weighted by Crippen LogP contribution is -2.40. The molecule has 1 aliphatic heterocycles. The molecule has 0 aromatic heterocycles. The summed E-state index contributed by atoms with van der Waals surface area (Å²) in [5.74, 6) is 0.527. The fourth-order valence-corrected chi connectivity index (χ4v) is 3.89. The molecular formula is C18H27NO. The minimum atomic E-state index is -0.150. The summed E-state index contributed by atoms with van der Waals surface area (Å²) < 4.78 is 0. The number of nitrogens with zero attached hydrogens (tertiary/aromatic N) is 1. The predicted molar refractivity (Wildman–Crippen MR) is 84.3 cm³/mol. The number of aryl methyl sites for hydroxylation is 2. The van der Waals surface area contributed by atoms with E-state index >= 15 is 0 Å². The quantitative estimate of drug-likeness (QED) is 0.908. The van der Waals surface area contributed by atoms with Gasteiger partial charge in [0.15, 0.2) is 0 Å². The van der Waals surface area contributed by atoms with Crippen LogP contribution in [0.1, 0.15) is 49.7 Å². The van der Waals surface area contributed by atoms with E-state index in [1.165, 1.54) is 61.8 Å². The van der Waals surface area contributed by atoms with Crippen LogP contribution in [0.5, 0.6) is 0 Å². The molecular weight excluding hydrogens is 246 g/mol. The molecule has 0 spiro atoms. The lowest BCUT2D eigenvalue weighted by molar-refractivity contribution is 0.0897. The summed E-state index contributed by atoms with van der Waals surface area (Å²) in [6.45, 7) is 4.08. The lowest BCUT2D eigenvalue weighted by atomic mass is 9.85. The van der Waals surface area contributed by atoms with Gasteiger partial charge in [-0.15, -0.1) is 0 Å². The molecule has 1 fully saturated rings. The molecule has 1 aromatic carbocycles. The molecule has 1 aliphatic carbocycles. The fourth-order valence-electron chi connectivity index (χ4n) is 3.89. The Morgan fingerprint density at radius 1 is 1.20 bits per heavy atom. The highest BCUT2D eigenvalue weighted by Gasteiger charge is 2.25. The third kappa shape index (κ3) is 3.01. The van der Waals surface area contributed by atoms with Gasteiger partial charge in [-0.1, -0.05) is 37.0 Å². The maximum absolute atomic E-state index is 10.6. The molecule has 1 unspecified atom stereocenters. The van der Waals surface area contributed by atoms with E-state index in [9.17, 15) is 5.11 Å². The van der Waals surface area contributed by atoms with Gasteiger partial charge >= 0.3 is 0 Å². The number of fused-ring (bicyclic) bond motifs is 1. The van der Waals surface area contributed by atoms with Crippen LogP contribution in [0.25, 0.3) is 0 Å². The monoisotopic (exact) mass is 273 g/mol. The standard InChI is InChI=1S/C18H27NO/c1-14-9-10-17-16(12-14)8-5-11-19(17)13-18(20)15-6-3-2-4-7-15/h9-10,12,15,18,20H,2-8,11,13H2,1H3. The molecule has 2 heteroatoms. The Hall–Kier alpha value is -1.02. The van der Waals surface area contributed by atoms with E-state index in [1.807, 2.05) is 0 Å². The Balaban J connectivity index is 1.69. The average molecular weight is 273 g/mol. The molecule has 110 valence electrons. The maximum atomic E-state index is 10.6. The molecule has 2 nitrogen and oxygen atoms in total. The van der Waals surface area contributed by atoms with Crippen molar-refractivity contribution >= 4 is 5.69 Å². The highest BCUT2D eigenvalue weighted by Crippen LogP contribution is 2.31. The second kappa shape index (κ2) is 6.17. The average Bonchev–Trinajstić information content (AvgIpc) is 2.48. The van der Waals surface area contributed by atoms with Gasteiger partial charge < -0.3 is 10.0 Å². The topological polar surface area (TPSA) is 23.5 Å². The first-order valence-electron chi connectivity index (χ1n) is 8.26. The van der Waals surface area contributed by atoms with Gasteiger partial charge in [0.2, 0.25) is 0 Å². The summed E-state index contributed by atoms with van der Waals surface area (Å²) in [4.78, 5) is 2.41. The zero-order chi connectivity index (χ0) is 13.9. The zero-order valence-electron chi connectivity index (χ0n) is 12.6. The minimum Gasteiger partial charge on any atom is -0.391 e. The van der Waals surface area contributed by atoms with Crippen molar-refractivity contribution < 1.29 is 5.11 Å². The fraction of sp³-hybridized carbons (Fsp3) is 0.667. The molecule has 0 saturated heterocycles. The van der Waals surface area contributed by atoms with Gasteiger partial charge in [0.25, 0.3) is 0 Å². The van der Waals surface area contributed by atoms with Gasteiger partial charge in [-0.3, -0.25) is 0 Å². The number of anilines is 1. The van der Waals surface area contributed by atoms with Crippen molar-refractivity contribution in [2.24, 2.45) is 5.92 Å². The first kappa shape index (κ1) is 13.9. The minimum absolute atomic E-state index is 0.150. The van der Waals surface area contributed by atoms with Crippen LogP contribution < -0.4 is 4.90 Å². The normalized spacial score (nSPS) is 21.6. The van der Waals surface area contributed by atoms with E-state index in [0.717, 1.165) is 13.1 Å². The van der Waals surface area contributed by atoms with Crippen LogP contribution in [0.15, 0.2) is 18.2 Å². The molecule has 0 bridgehead atoms. The Morgan fingerprint density at radius 3 is 2.80 bits per heavy atom. The first-order valence-corrected chi connectivity index (χ1v) is 8.26. The highest BCUT2D eigenvalue weighted by molar-refractivity contribution is 5.56. The van der Waals surface area contributed by atoms with Crippen molar-refractivity contribution in [1.82, 2.24) is 0 Å². The van der Waals surface area contributed by atoms with Crippen molar-refractivity contribution in [2.45, 2.75) is 58.0 Å². The van der Waals surface area contributed by atoms with Crippen molar-refractivity contribution in [3.05, 3.63) is 29.3 Å². The smallest absolute Gasteiger partial charge is 0.0743 e. The SMILES string of the molecule is Cc1ccc2c(c1)CCCN2CC(O)C1CCCCC1. The molecule has 0 amide bonds.